The van der Waals surface area contributed by atoms with Crippen LogP contribution in [0.5, 0.6) is 17.2 Å². The fraction of sp³-hybridized carbons (Fsp3) is 0.400. The van der Waals surface area contributed by atoms with E-state index < -0.39 is 5.91 Å². The second kappa shape index (κ2) is 12.2. The molecule has 0 unspecified atom stereocenters. The Morgan fingerprint density at radius 1 is 0.889 bits per heavy atom. The molecular formula is C25H34N6O5. The van der Waals surface area contributed by atoms with E-state index in [0.29, 0.717) is 41.6 Å². The number of carbonyl (C=O) groups excluding carboxylic acids is 2. The van der Waals surface area contributed by atoms with Gasteiger partial charge in [-0.05, 0) is 29.8 Å². The van der Waals surface area contributed by atoms with E-state index in [2.05, 4.69) is 20.1 Å². The van der Waals surface area contributed by atoms with Gasteiger partial charge in [0.05, 0.1) is 21.3 Å². The second-order valence-corrected chi connectivity index (χ2v) is 8.44. The minimum atomic E-state index is -0.528. The average molecular weight is 499 g/mol. The first-order valence-corrected chi connectivity index (χ1v) is 11.5. The zero-order chi connectivity index (χ0) is 26.2. The second-order valence-electron chi connectivity index (χ2n) is 8.44. The molecule has 1 aliphatic heterocycles. The summed E-state index contributed by atoms with van der Waals surface area (Å²) in [6, 6.07) is 8.89. The van der Waals surface area contributed by atoms with Crippen LogP contribution in [0, 0.1) is 0 Å². The van der Waals surface area contributed by atoms with E-state index in [1.165, 1.54) is 6.92 Å². The first kappa shape index (κ1) is 26.8. The van der Waals surface area contributed by atoms with E-state index in [0.717, 1.165) is 37.3 Å². The number of nitrogens with zero attached hydrogens (tertiary/aromatic N) is 3. The summed E-state index contributed by atoms with van der Waals surface area (Å²) in [4.78, 5) is 32.2. The topological polar surface area (TPSA) is 145 Å². The maximum absolute atomic E-state index is 12.3. The minimum Gasteiger partial charge on any atom is -0.493 e. The number of aliphatic imine (C=N–C) groups is 1. The zero-order valence-electron chi connectivity index (χ0n) is 21.2. The first-order chi connectivity index (χ1) is 17.2. The molecule has 0 spiro atoms. The number of nitrogens with one attached hydrogen (secondary N) is 1. The minimum absolute atomic E-state index is 0.187. The molecular weight excluding hydrogens is 464 g/mol. The van der Waals surface area contributed by atoms with Gasteiger partial charge in [-0.3, -0.25) is 19.4 Å². The van der Waals surface area contributed by atoms with Crippen LogP contribution in [-0.2, 0) is 17.9 Å². The highest BCUT2D eigenvalue weighted by atomic mass is 16.5. The number of methoxy groups -OCH3 is 3. The average Bonchev–Trinajstić information content (AvgIpc) is 2.85. The fourth-order valence-corrected chi connectivity index (χ4v) is 4.23. The van der Waals surface area contributed by atoms with Crippen LogP contribution >= 0.6 is 0 Å². The molecule has 5 N–H and O–H groups in total. The van der Waals surface area contributed by atoms with E-state index in [9.17, 15) is 9.59 Å². The van der Waals surface area contributed by atoms with Gasteiger partial charge in [-0.1, -0.05) is 6.07 Å². The lowest BCUT2D eigenvalue weighted by atomic mass is 10.1. The molecule has 1 heterocycles. The Kier molecular flexibility index (Phi) is 9.09. The lowest BCUT2D eigenvalue weighted by molar-refractivity contribution is -0.114. The lowest BCUT2D eigenvalue weighted by Crippen LogP contribution is -2.45. The summed E-state index contributed by atoms with van der Waals surface area (Å²) >= 11 is 0. The largest absolute Gasteiger partial charge is 0.493 e. The normalized spacial score (nSPS) is 14.1. The Labute approximate surface area is 211 Å². The first-order valence-electron chi connectivity index (χ1n) is 11.5. The van der Waals surface area contributed by atoms with Crippen molar-refractivity contribution in [2.75, 3.05) is 52.8 Å². The van der Waals surface area contributed by atoms with Crippen molar-refractivity contribution in [3.63, 3.8) is 0 Å². The summed E-state index contributed by atoms with van der Waals surface area (Å²) in [5, 5.41) is 2.84. The number of ether oxygens (including phenoxy) is 3. The third-order valence-corrected chi connectivity index (χ3v) is 5.93. The number of nitrogens with two attached hydrogens (primary N) is 2. The Morgan fingerprint density at radius 3 is 2.03 bits per heavy atom. The molecule has 0 atom stereocenters. The van der Waals surface area contributed by atoms with Gasteiger partial charge in [-0.2, -0.15) is 4.99 Å². The third-order valence-electron chi connectivity index (χ3n) is 5.93. The van der Waals surface area contributed by atoms with Crippen molar-refractivity contribution in [2.24, 2.45) is 16.5 Å². The van der Waals surface area contributed by atoms with Crippen LogP contribution in [0.15, 0.2) is 35.3 Å². The van der Waals surface area contributed by atoms with Crippen molar-refractivity contribution < 1.29 is 23.8 Å². The van der Waals surface area contributed by atoms with Crippen LogP contribution in [0.2, 0.25) is 0 Å². The van der Waals surface area contributed by atoms with Crippen LogP contribution in [0.3, 0.4) is 0 Å². The number of benzene rings is 2. The van der Waals surface area contributed by atoms with Gasteiger partial charge >= 0.3 is 0 Å². The fourth-order valence-electron chi connectivity index (χ4n) is 4.23. The van der Waals surface area contributed by atoms with E-state index in [4.69, 9.17) is 25.7 Å². The Hall–Kier alpha value is -3.83. The summed E-state index contributed by atoms with van der Waals surface area (Å²) in [5.41, 5.74) is 13.5. The molecule has 0 bridgehead atoms. The molecule has 11 heteroatoms. The van der Waals surface area contributed by atoms with Gasteiger partial charge in [-0.25, -0.2) is 0 Å². The molecule has 2 amide bonds. The molecule has 3 rings (SSSR count). The van der Waals surface area contributed by atoms with Gasteiger partial charge < -0.3 is 31.0 Å². The van der Waals surface area contributed by atoms with E-state index in [-0.39, 0.29) is 11.9 Å². The molecule has 0 radical (unpaired) electrons. The van der Waals surface area contributed by atoms with Gasteiger partial charge in [0.15, 0.2) is 17.5 Å². The van der Waals surface area contributed by atoms with Crippen molar-refractivity contribution in [3.8, 4) is 17.2 Å². The van der Waals surface area contributed by atoms with Gasteiger partial charge in [0.2, 0.25) is 11.7 Å². The highest BCUT2D eigenvalue weighted by Crippen LogP contribution is 2.40. The molecule has 2 aromatic carbocycles. The quantitative estimate of drug-likeness (QED) is 0.345. The predicted octanol–water partition coefficient (Wildman–Crippen LogP) is 1.40. The monoisotopic (exact) mass is 498 g/mol. The molecule has 0 aromatic heterocycles. The van der Waals surface area contributed by atoms with Crippen molar-refractivity contribution >= 4 is 23.5 Å². The maximum Gasteiger partial charge on any atom is 0.280 e. The van der Waals surface area contributed by atoms with E-state index in [1.54, 1.807) is 39.5 Å². The van der Waals surface area contributed by atoms with Crippen LogP contribution in [0.4, 0.5) is 5.69 Å². The molecule has 0 aliphatic carbocycles. The highest BCUT2D eigenvalue weighted by Gasteiger charge is 2.22. The molecule has 2 aromatic rings. The van der Waals surface area contributed by atoms with Crippen LogP contribution in [0.1, 0.15) is 28.4 Å². The zero-order valence-corrected chi connectivity index (χ0v) is 21.2. The third kappa shape index (κ3) is 6.64. The number of amides is 2. The highest BCUT2D eigenvalue weighted by molar-refractivity contribution is 6.02. The van der Waals surface area contributed by atoms with Crippen LogP contribution < -0.4 is 31.0 Å². The number of hydrogen-bond acceptors (Lipinski definition) is 7. The molecule has 11 nitrogen and oxygen atoms in total. The summed E-state index contributed by atoms with van der Waals surface area (Å²) in [6.45, 7) is 5.99. The lowest BCUT2D eigenvalue weighted by Gasteiger charge is -2.35. The number of guanidine groups is 1. The molecule has 194 valence electrons. The Balaban J connectivity index is 1.70. The van der Waals surface area contributed by atoms with E-state index in [1.807, 2.05) is 12.1 Å². The summed E-state index contributed by atoms with van der Waals surface area (Å²) in [7, 11) is 4.81. The molecule has 1 saturated heterocycles. The van der Waals surface area contributed by atoms with Gasteiger partial charge in [0.25, 0.3) is 5.91 Å². The number of rotatable bonds is 9. The number of carbonyl (C=O) groups is 2. The number of piperazine rings is 1. The molecule has 0 saturated carbocycles. The van der Waals surface area contributed by atoms with Gasteiger partial charge in [-0.15, -0.1) is 0 Å². The van der Waals surface area contributed by atoms with Crippen molar-refractivity contribution in [3.05, 3.63) is 47.0 Å². The van der Waals surface area contributed by atoms with Crippen LogP contribution in [-0.4, -0.2) is 75.1 Å². The van der Waals surface area contributed by atoms with Gasteiger partial charge in [0.1, 0.15) is 0 Å². The standard InChI is InChI=1S/C25H34N6O5/c1-16(32)28-20-7-5-17(24(33)29-25(26)27)13-19(20)15-31-11-9-30(10-12-31)14-18-6-8-21(34-2)23(36-4)22(18)35-3/h5-8,13H,9-12,14-15H2,1-4H3,(H,28,32)(H4,26,27,29,33). The van der Waals surface area contributed by atoms with Crippen molar-refractivity contribution in [1.29, 1.82) is 0 Å². The SMILES string of the molecule is COc1ccc(CN2CCN(Cc3cc(C(=O)N=C(N)N)ccc3NC(C)=O)CC2)c(OC)c1OC. The Morgan fingerprint density at radius 2 is 1.50 bits per heavy atom. The van der Waals surface area contributed by atoms with E-state index >= 15 is 0 Å². The van der Waals surface area contributed by atoms with Crippen LogP contribution in [0.25, 0.3) is 0 Å². The number of hydrogen-bond donors (Lipinski definition) is 3. The molecule has 36 heavy (non-hydrogen) atoms. The smallest absolute Gasteiger partial charge is 0.280 e. The molecule has 1 fully saturated rings. The molecule has 1 aliphatic rings. The number of anilines is 1. The maximum atomic E-state index is 12.3. The summed E-state index contributed by atoms with van der Waals surface area (Å²) in [5.74, 6) is 0.860. The Bertz CT molecular complexity index is 1120. The summed E-state index contributed by atoms with van der Waals surface area (Å²) in [6.07, 6.45) is 0. The van der Waals surface area contributed by atoms with Gasteiger partial charge in [0, 0.05) is 63.0 Å². The van der Waals surface area contributed by atoms with Crippen molar-refractivity contribution in [2.45, 2.75) is 20.0 Å². The summed E-state index contributed by atoms with van der Waals surface area (Å²) < 4.78 is 16.5. The predicted molar refractivity (Wildman–Crippen MR) is 138 cm³/mol. The van der Waals surface area contributed by atoms with Crippen molar-refractivity contribution in [1.82, 2.24) is 9.80 Å².